The molecule has 120 valence electrons. The van der Waals surface area contributed by atoms with Crippen LogP contribution in [0.15, 0.2) is 40.2 Å². The molecule has 0 aliphatic rings. The molecular weight excluding hydrogens is 401 g/mol. The number of benzene rings is 1. The van der Waals surface area contributed by atoms with E-state index in [9.17, 15) is 8.42 Å². The average molecular weight is 425 g/mol. The standard InChI is InChI=1S/C14H23N3O2S.HI/c1-3-4-10-16-14(15-2)17-11-12-20(18,19)13-8-6-5-7-9-13;/h5-9H,3-4,10-12H2,1-2H3,(H2,15,16,17);1H. The summed E-state index contributed by atoms with van der Waals surface area (Å²) in [4.78, 5) is 4.41. The summed E-state index contributed by atoms with van der Waals surface area (Å²) in [6.07, 6.45) is 2.16. The molecule has 0 fully saturated rings. The second kappa shape index (κ2) is 10.8. The van der Waals surface area contributed by atoms with Crippen molar-refractivity contribution in [1.82, 2.24) is 10.6 Å². The van der Waals surface area contributed by atoms with Gasteiger partial charge < -0.3 is 10.6 Å². The normalized spacial score (nSPS) is 11.6. The SMILES string of the molecule is CCCCNC(=NC)NCCS(=O)(=O)c1ccccc1.I. The van der Waals surface area contributed by atoms with Crippen molar-refractivity contribution in [2.24, 2.45) is 4.99 Å². The molecule has 0 saturated heterocycles. The number of hydrogen-bond acceptors (Lipinski definition) is 3. The van der Waals surface area contributed by atoms with Gasteiger partial charge >= 0.3 is 0 Å². The molecule has 0 saturated carbocycles. The lowest BCUT2D eigenvalue weighted by molar-refractivity contribution is 0.594. The average Bonchev–Trinajstić information content (AvgIpc) is 2.46. The number of halogens is 1. The van der Waals surface area contributed by atoms with Crippen molar-refractivity contribution in [1.29, 1.82) is 0 Å². The van der Waals surface area contributed by atoms with E-state index in [1.165, 1.54) is 0 Å². The third-order valence-electron chi connectivity index (χ3n) is 2.81. The minimum atomic E-state index is -3.23. The largest absolute Gasteiger partial charge is 0.356 e. The third-order valence-corrected chi connectivity index (χ3v) is 4.54. The molecule has 1 rings (SSSR count). The molecule has 7 heteroatoms. The fourth-order valence-electron chi connectivity index (χ4n) is 1.65. The van der Waals surface area contributed by atoms with Crippen LogP contribution in [-0.4, -0.2) is 40.3 Å². The van der Waals surface area contributed by atoms with E-state index < -0.39 is 9.84 Å². The van der Waals surface area contributed by atoms with Crippen LogP contribution in [0.1, 0.15) is 19.8 Å². The molecule has 1 aromatic rings. The van der Waals surface area contributed by atoms with Gasteiger partial charge in [-0.1, -0.05) is 31.5 Å². The van der Waals surface area contributed by atoms with Crippen molar-refractivity contribution in [3.05, 3.63) is 30.3 Å². The van der Waals surface area contributed by atoms with Gasteiger partial charge in [0.15, 0.2) is 15.8 Å². The second-order valence-corrected chi connectivity index (χ2v) is 6.52. The monoisotopic (exact) mass is 425 g/mol. The third kappa shape index (κ3) is 7.66. The zero-order valence-corrected chi connectivity index (χ0v) is 15.6. The van der Waals surface area contributed by atoms with Crippen molar-refractivity contribution < 1.29 is 8.42 Å². The smallest absolute Gasteiger partial charge is 0.191 e. The predicted octanol–water partition coefficient (Wildman–Crippen LogP) is 2.04. The summed E-state index contributed by atoms with van der Waals surface area (Å²) in [6.45, 7) is 3.29. The molecule has 0 amide bonds. The van der Waals surface area contributed by atoms with Crippen LogP contribution in [0.25, 0.3) is 0 Å². The maximum atomic E-state index is 12.1. The molecule has 21 heavy (non-hydrogen) atoms. The van der Waals surface area contributed by atoms with Crippen LogP contribution in [0.3, 0.4) is 0 Å². The Kier molecular flexibility index (Phi) is 10.4. The van der Waals surface area contributed by atoms with Gasteiger partial charge in [0.1, 0.15) is 0 Å². The van der Waals surface area contributed by atoms with Crippen molar-refractivity contribution in [2.45, 2.75) is 24.7 Å². The molecule has 0 heterocycles. The number of nitrogens with zero attached hydrogens (tertiary/aromatic N) is 1. The number of sulfone groups is 1. The molecule has 2 N–H and O–H groups in total. The van der Waals surface area contributed by atoms with Crippen molar-refractivity contribution in [3.8, 4) is 0 Å². The topological polar surface area (TPSA) is 70.6 Å². The molecule has 0 radical (unpaired) electrons. The lowest BCUT2D eigenvalue weighted by Crippen LogP contribution is -2.39. The highest BCUT2D eigenvalue weighted by Gasteiger charge is 2.13. The zero-order chi connectivity index (χ0) is 14.8. The van der Waals surface area contributed by atoms with E-state index in [2.05, 4.69) is 22.5 Å². The van der Waals surface area contributed by atoms with E-state index in [1.54, 1.807) is 37.4 Å². The van der Waals surface area contributed by atoms with Crippen LogP contribution in [0.4, 0.5) is 0 Å². The van der Waals surface area contributed by atoms with Crippen LogP contribution in [0.2, 0.25) is 0 Å². The van der Waals surface area contributed by atoms with Gasteiger partial charge in [-0.15, -0.1) is 24.0 Å². The molecule has 0 atom stereocenters. The van der Waals surface area contributed by atoms with Crippen LogP contribution < -0.4 is 10.6 Å². The Balaban J connectivity index is 0.00000400. The van der Waals surface area contributed by atoms with Crippen molar-refractivity contribution in [3.63, 3.8) is 0 Å². The first kappa shape index (κ1) is 20.2. The van der Waals surface area contributed by atoms with Crippen LogP contribution in [0, 0.1) is 0 Å². The van der Waals surface area contributed by atoms with E-state index >= 15 is 0 Å². The van der Waals surface area contributed by atoms with Gasteiger partial charge in [-0.05, 0) is 18.6 Å². The van der Waals surface area contributed by atoms with Gasteiger partial charge in [0.25, 0.3) is 0 Å². The van der Waals surface area contributed by atoms with Gasteiger partial charge in [0, 0.05) is 20.1 Å². The Morgan fingerprint density at radius 3 is 2.33 bits per heavy atom. The van der Waals surface area contributed by atoms with Crippen molar-refractivity contribution >= 4 is 39.8 Å². The summed E-state index contributed by atoms with van der Waals surface area (Å²) in [5.41, 5.74) is 0. The molecule has 0 bridgehead atoms. The first-order valence-corrected chi connectivity index (χ1v) is 8.47. The van der Waals surface area contributed by atoms with E-state index in [-0.39, 0.29) is 29.7 Å². The number of guanidine groups is 1. The number of nitrogens with one attached hydrogen (secondary N) is 2. The summed E-state index contributed by atoms with van der Waals surface area (Å²) < 4.78 is 24.1. The first-order chi connectivity index (χ1) is 9.60. The zero-order valence-electron chi connectivity index (χ0n) is 12.5. The van der Waals surface area contributed by atoms with Gasteiger partial charge in [0.2, 0.25) is 0 Å². The van der Waals surface area contributed by atoms with Gasteiger partial charge in [-0.3, -0.25) is 4.99 Å². The van der Waals surface area contributed by atoms with Crippen molar-refractivity contribution in [2.75, 3.05) is 25.9 Å². The maximum Gasteiger partial charge on any atom is 0.191 e. The molecule has 0 unspecified atom stereocenters. The highest BCUT2D eigenvalue weighted by molar-refractivity contribution is 14.0. The minimum absolute atomic E-state index is 0. The minimum Gasteiger partial charge on any atom is -0.356 e. The first-order valence-electron chi connectivity index (χ1n) is 6.82. The highest BCUT2D eigenvalue weighted by Crippen LogP contribution is 2.09. The second-order valence-electron chi connectivity index (χ2n) is 4.41. The predicted molar refractivity (Wildman–Crippen MR) is 98.2 cm³/mol. The maximum absolute atomic E-state index is 12.1. The van der Waals surface area contributed by atoms with Crippen LogP contribution in [0.5, 0.6) is 0 Å². The summed E-state index contributed by atoms with van der Waals surface area (Å²) in [6, 6.07) is 8.49. The van der Waals surface area contributed by atoms with E-state index in [0.717, 1.165) is 19.4 Å². The summed E-state index contributed by atoms with van der Waals surface area (Å²) in [5.74, 6) is 0.688. The van der Waals surface area contributed by atoms with E-state index in [0.29, 0.717) is 17.4 Å². The van der Waals surface area contributed by atoms with Gasteiger partial charge in [-0.25, -0.2) is 8.42 Å². The summed E-state index contributed by atoms with van der Waals surface area (Å²) in [5, 5.41) is 6.15. The number of rotatable bonds is 7. The Morgan fingerprint density at radius 2 is 1.76 bits per heavy atom. The molecule has 1 aromatic carbocycles. The molecular formula is C14H24IN3O2S. The van der Waals surface area contributed by atoms with Crippen LogP contribution >= 0.6 is 24.0 Å². The summed E-state index contributed by atoms with van der Waals surface area (Å²) >= 11 is 0. The van der Waals surface area contributed by atoms with Gasteiger partial charge in [0.05, 0.1) is 10.6 Å². The number of hydrogen-bond donors (Lipinski definition) is 2. The highest BCUT2D eigenvalue weighted by atomic mass is 127. The van der Waals surface area contributed by atoms with E-state index in [1.807, 2.05) is 0 Å². The Labute approximate surface area is 144 Å². The molecule has 5 nitrogen and oxygen atoms in total. The fraction of sp³-hybridized carbons (Fsp3) is 0.500. The number of aliphatic imine (C=N–C) groups is 1. The van der Waals surface area contributed by atoms with Crippen LogP contribution in [-0.2, 0) is 9.84 Å². The Hall–Kier alpha value is -0.830. The molecule has 0 aliphatic carbocycles. The Bertz CT molecular complexity index is 518. The lowest BCUT2D eigenvalue weighted by atomic mass is 10.3. The summed E-state index contributed by atoms with van der Waals surface area (Å²) in [7, 11) is -1.56. The molecule has 0 aliphatic heterocycles. The molecule has 0 aromatic heterocycles. The lowest BCUT2D eigenvalue weighted by Gasteiger charge is -2.11. The van der Waals surface area contributed by atoms with E-state index in [4.69, 9.17) is 0 Å². The fourth-order valence-corrected chi connectivity index (χ4v) is 2.83. The molecule has 0 spiro atoms. The number of unbranched alkanes of at least 4 members (excludes halogenated alkanes) is 1. The quantitative estimate of drug-likeness (QED) is 0.304. The Morgan fingerprint density at radius 1 is 1.14 bits per heavy atom. The van der Waals surface area contributed by atoms with Gasteiger partial charge in [-0.2, -0.15) is 0 Å².